The Hall–Kier alpha value is -2.58. The quantitative estimate of drug-likeness (QED) is 0.475. The van der Waals surface area contributed by atoms with Crippen molar-refractivity contribution in [2.45, 2.75) is 6.42 Å². The fourth-order valence-electron chi connectivity index (χ4n) is 3.71. The van der Waals surface area contributed by atoms with E-state index in [0.29, 0.717) is 61.0 Å². The number of carbonyl (C=O) groups excluding carboxylic acids is 2. The van der Waals surface area contributed by atoms with Crippen molar-refractivity contribution in [3.63, 3.8) is 0 Å². The topological polar surface area (TPSA) is 71.6 Å². The Balaban J connectivity index is 2.01. The monoisotopic (exact) mass is 403 g/mol. The zero-order chi connectivity index (χ0) is 21.0. The Morgan fingerprint density at radius 1 is 0.931 bits per heavy atom. The summed E-state index contributed by atoms with van der Waals surface area (Å²) in [6.45, 7) is 3.91. The number of carbonyl (C=O) groups is 2. The van der Waals surface area contributed by atoms with Gasteiger partial charge in [0.15, 0.2) is 11.5 Å². The van der Waals surface area contributed by atoms with Gasteiger partial charge in [0.25, 0.3) is 11.8 Å². The fourth-order valence-corrected chi connectivity index (χ4v) is 3.71. The van der Waals surface area contributed by atoms with Crippen LogP contribution in [0.25, 0.3) is 5.57 Å². The van der Waals surface area contributed by atoms with Gasteiger partial charge in [-0.15, -0.1) is 0 Å². The minimum atomic E-state index is -0.271. The number of hydrogen-bond donors (Lipinski definition) is 0. The number of methoxy groups -OCH3 is 3. The van der Waals surface area contributed by atoms with Crippen LogP contribution in [0.15, 0.2) is 23.9 Å². The molecule has 158 valence electrons. The minimum Gasteiger partial charge on any atom is -0.493 e. The summed E-state index contributed by atoms with van der Waals surface area (Å²) in [5.41, 5.74) is 1.56. The van der Waals surface area contributed by atoms with Crippen molar-refractivity contribution in [1.29, 1.82) is 0 Å². The number of nitrogens with zero attached hydrogens (tertiary/aromatic N) is 3. The van der Waals surface area contributed by atoms with Gasteiger partial charge in [-0.25, -0.2) is 0 Å². The van der Waals surface area contributed by atoms with Gasteiger partial charge in [0.2, 0.25) is 0 Å². The second-order valence-corrected chi connectivity index (χ2v) is 7.19. The highest BCUT2D eigenvalue weighted by atomic mass is 16.5. The lowest BCUT2D eigenvalue weighted by atomic mass is 10.0. The van der Waals surface area contributed by atoms with Gasteiger partial charge in [-0.1, -0.05) is 6.07 Å². The molecule has 2 heterocycles. The van der Waals surface area contributed by atoms with Gasteiger partial charge < -0.3 is 24.0 Å². The van der Waals surface area contributed by atoms with Crippen LogP contribution in [0.5, 0.6) is 11.5 Å². The van der Waals surface area contributed by atoms with E-state index in [1.165, 1.54) is 4.90 Å². The molecule has 0 N–H and O–H groups in total. The van der Waals surface area contributed by atoms with Crippen molar-refractivity contribution in [3.8, 4) is 11.5 Å². The summed E-state index contributed by atoms with van der Waals surface area (Å²) in [6.07, 6.45) is 0.600. The van der Waals surface area contributed by atoms with E-state index in [0.717, 1.165) is 13.1 Å². The van der Waals surface area contributed by atoms with Gasteiger partial charge in [0.1, 0.15) is 5.70 Å². The number of hydrogen-bond acceptors (Lipinski definition) is 7. The van der Waals surface area contributed by atoms with E-state index >= 15 is 0 Å². The molecule has 0 aromatic heterocycles. The molecular weight excluding hydrogens is 374 g/mol. The number of ether oxygens (including phenoxy) is 3. The van der Waals surface area contributed by atoms with Gasteiger partial charge in [0.05, 0.1) is 19.8 Å². The predicted octanol–water partition coefficient (Wildman–Crippen LogP) is 1.07. The molecule has 0 unspecified atom stereocenters. The van der Waals surface area contributed by atoms with E-state index in [4.69, 9.17) is 14.2 Å². The van der Waals surface area contributed by atoms with Crippen LogP contribution >= 0.6 is 0 Å². The lowest BCUT2D eigenvalue weighted by Crippen LogP contribution is -2.46. The van der Waals surface area contributed by atoms with Crippen LogP contribution < -0.4 is 9.47 Å². The number of amides is 2. The SMILES string of the molecule is COCCCN1C(=O)C(c2ccc(OC)c(OC)c2)=C(N2CCN(C)CC2)C1=O. The standard InChI is InChI=1S/C21H29N3O5/c1-22-9-11-23(12-10-22)19-18(15-6-7-16(28-3)17(14-15)29-4)20(25)24(21(19)26)8-5-13-27-2/h6-7,14H,5,8-13H2,1-4H3. The summed E-state index contributed by atoms with van der Waals surface area (Å²) >= 11 is 0. The number of imide groups is 1. The van der Waals surface area contributed by atoms with Crippen molar-refractivity contribution in [1.82, 2.24) is 14.7 Å². The Labute approximate surface area is 171 Å². The molecule has 0 atom stereocenters. The van der Waals surface area contributed by atoms with E-state index in [-0.39, 0.29) is 11.8 Å². The van der Waals surface area contributed by atoms with Crippen LogP contribution in [0, 0.1) is 0 Å². The molecule has 2 aliphatic heterocycles. The molecule has 2 aliphatic rings. The van der Waals surface area contributed by atoms with E-state index in [2.05, 4.69) is 11.9 Å². The average Bonchev–Trinajstić information content (AvgIpc) is 2.98. The fraction of sp³-hybridized carbons (Fsp3) is 0.524. The van der Waals surface area contributed by atoms with E-state index < -0.39 is 0 Å². The summed E-state index contributed by atoms with van der Waals surface area (Å²) in [6, 6.07) is 5.32. The first-order valence-electron chi connectivity index (χ1n) is 9.77. The molecule has 0 saturated carbocycles. The maximum atomic E-state index is 13.3. The largest absolute Gasteiger partial charge is 0.493 e. The molecule has 1 aromatic rings. The second-order valence-electron chi connectivity index (χ2n) is 7.19. The summed E-state index contributed by atoms with van der Waals surface area (Å²) in [4.78, 5) is 32.1. The van der Waals surface area contributed by atoms with Crippen LogP contribution in [0.3, 0.4) is 0 Å². The lowest BCUT2D eigenvalue weighted by Gasteiger charge is -2.34. The highest BCUT2D eigenvalue weighted by Crippen LogP contribution is 2.36. The van der Waals surface area contributed by atoms with Crippen molar-refractivity contribution in [2.75, 3.05) is 67.7 Å². The zero-order valence-corrected chi connectivity index (χ0v) is 17.6. The van der Waals surface area contributed by atoms with E-state index in [1.54, 1.807) is 39.5 Å². The summed E-state index contributed by atoms with van der Waals surface area (Å²) in [7, 11) is 6.78. The van der Waals surface area contributed by atoms with E-state index in [1.807, 2.05) is 4.90 Å². The predicted molar refractivity (Wildman–Crippen MR) is 109 cm³/mol. The van der Waals surface area contributed by atoms with Gasteiger partial charge in [-0.2, -0.15) is 0 Å². The Bertz CT molecular complexity index is 800. The van der Waals surface area contributed by atoms with Crippen LogP contribution in [-0.4, -0.2) is 94.2 Å². The first kappa shape index (κ1) is 21.1. The average molecular weight is 403 g/mol. The first-order valence-corrected chi connectivity index (χ1v) is 9.77. The third-order valence-corrected chi connectivity index (χ3v) is 5.37. The van der Waals surface area contributed by atoms with Crippen molar-refractivity contribution >= 4 is 17.4 Å². The molecular formula is C21H29N3O5. The maximum Gasteiger partial charge on any atom is 0.277 e. The number of piperazine rings is 1. The second kappa shape index (κ2) is 9.28. The van der Waals surface area contributed by atoms with Gasteiger partial charge in [-0.05, 0) is 31.2 Å². The van der Waals surface area contributed by atoms with Crippen LogP contribution in [0.4, 0.5) is 0 Å². The third kappa shape index (κ3) is 4.23. The number of benzene rings is 1. The maximum absolute atomic E-state index is 13.3. The van der Waals surface area contributed by atoms with Crippen molar-refractivity contribution < 1.29 is 23.8 Å². The molecule has 3 rings (SSSR count). The Morgan fingerprint density at radius 3 is 2.24 bits per heavy atom. The summed E-state index contributed by atoms with van der Waals surface area (Å²) < 4.78 is 15.8. The Kier molecular flexibility index (Phi) is 6.76. The zero-order valence-electron chi connectivity index (χ0n) is 17.6. The molecule has 1 aromatic carbocycles. The van der Waals surface area contributed by atoms with Gasteiger partial charge >= 0.3 is 0 Å². The Morgan fingerprint density at radius 2 is 1.62 bits per heavy atom. The van der Waals surface area contributed by atoms with Crippen molar-refractivity contribution in [3.05, 3.63) is 29.5 Å². The van der Waals surface area contributed by atoms with Gasteiger partial charge in [-0.3, -0.25) is 14.5 Å². The molecule has 1 fully saturated rings. The van der Waals surface area contributed by atoms with Crippen LogP contribution in [0.1, 0.15) is 12.0 Å². The first-order chi connectivity index (χ1) is 14.0. The molecule has 0 radical (unpaired) electrons. The lowest BCUT2D eigenvalue weighted by molar-refractivity contribution is -0.137. The highest BCUT2D eigenvalue weighted by Gasteiger charge is 2.41. The molecule has 2 amide bonds. The molecule has 0 aliphatic carbocycles. The van der Waals surface area contributed by atoms with Crippen LogP contribution in [0.2, 0.25) is 0 Å². The number of rotatable bonds is 8. The normalized spacial score (nSPS) is 18.1. The highest BCUT2D eigenvalue weighted by molar-refractivity contribution is 6.35. The molecule has 1 saturated heterocycles. The molecule has 0 bridgehead atoms. The van der Waals surface area contributed by atoms with E-state index in [9.17, 15) is 9.59 Å². The molecule has 8 nitrogen and oxygen atoms in total. The molecule has 8 heteroatoms. The molecule has 29 heavy (non-hydrogen) atoms. The summed E-state index contributed by atoms with van der Waals surface area (Å²) in [5.74, 6) is 0.590. The summed E-state index contributed by atoms with van der Waals surface area (Å²) in [5, 5.41) is 0. The van der Waals surface area contributed by atoms with Crippen LogP contribution in [-0.2, 0) is 14.3 Å². The smallest absolute Gasteiger partial charge is 0.277 e. The molecule has 0 spiro atoms. The third-order valence-electron chi connectivity index (χ3n) is 5.37. The minimum absolute atomic E-state index is 0.236. The van der Waals surface area contributed by atoms with Crippen molar-refractivity contribution in [2.24, 2.45) is 0 Å². The van der Waals surface area contributed by atoms with Gasteiger partial charge in [0, 0.05) is 46.4 Å². The number of likely N-dealkylation sites (N-methyl/N-ethyl adjacent to an activating group) is 1.